The molecule has 1 N–H and O–H groups in total. The van der Waals surface area contributed by atoms with Crippen molar-refractivity contribution in [2.24, 2.45) is 0 Å². The van der Waals surface area contributed by atoms with E-state index < -0.39 is 0 Å². The maximum Gasteiger partial charge on any atom is 0.203 e. The molecular formula is C23H31N3. The van der Waals surface area contributed by atoms with Gasteiger partial charge in [-0.2, -0.15) is 0 Å². The minimum absolute atomic E-state index is 0.348. The fourth-order valence-corrected chi connectivity index (χ4v) is 4.24. The van der Waals surface area contributed by atoms with Crippen LogP contribution in [0.1, 0.15) is 48.4 Å². The first-order valence-electron chi connectivity index (χ1n) is 9.73. The van der Waals surface area contributed by atoms with Gasteiger partial charge in [0.2, 0.25) is 5.96 Å². The Bertz CT molecular complexity index is 769. The Morgan fingerprint density at radius 1 is 0.885 bits per heavy atom. The number of hydrogen-bond donors (Lipinski definition) is 1. The summed E-state index contributed by atoms with van der Waals surface area (Å²) in [5.74, 6) is 0.612. The van der Waals surface area contributed by atoms with Crippen molar-refractivity contribution in [3.05, 3.63) is 58.7 Å². The van der Waals surface area contributed by atoms with Crippen LogP contribution in [0, 0.1) is 33.1 Å². The molecule has 0 aromatic heterocycles. The lowest BCUT2D eigenvalue weighted by Crippen LogP contribution is -2.37. The van der Waals surface area contributed by atoms with Gasteiger partial charge in [-0.25, -0.2) is 0 Å². The van der Waals surface area contributed by atoms with Crippen LogP contribution in [0.5, 0.6) is 0 Å². The number of hydrogen-bond acceptors (Lipinski definition) is 1. The molecule has 0 spiro atoms. The van der Waals surface area contributed by atoms with E-state index in [1.165, 1.54) is 46.5 Å². The average molecular weight is 350 g/mol. The summed E-state index contributed by atoms with van der Waals surface area (Å²) in [5.41, 5.74) is 7.40. The monoisotopic (exact) mass is 349 g/mol. The van der Waals surface area contributed by atoms with Gasteiger partial charge >= 0.3 is 0 Å². The number of rotatable bonds is 5. The molecule has 26 heavy (non-hydrogen) atoms. The summed E-state index contributed by atoms with van der Waals surface area (Å²) in [6.45, 7) is 11.8. The molecule has 1 atom stereocenters. The zero-order valence-electron chi connectivity index (χ0n) is 16.8. The summed E-state index contributed by atoms with van der Waals surface area (Å²) in [6.07, 6.45) is 3.50. The largest absolute Gasteiger partial charge is 0.310 e. The Hall–Kier alpha value is -2.29. The van der Waals surface area contributed by atoms with Crippen molar-refractivity contribution in [3.8, 4) is 0 Å². The SMILES string of the molecule is CCCCC1CN(c2c(C)cccc2C)C(=N)N1c1c(C)cccc1C. The van der Waals surface area contributed by atoms with E-state index >= 15 is 0 Å². The molecule has 1 aliphatic heterocycles. The van der Waals surface area contributed by atoms with Gasteiger partial charge in [-0.15, -0.1) is 0 Å². The van der Waals surface area contributed by atoms with Gasteiger partial charge in [0, 0.05) is 17.9 Å². The molecule has 1 unspecified atom stereocenters. The molecule has 0 saturated carbocycles. The highest BCUT2D eigenvalue weighted by Crippen LogP contribution is 2.36. The van der Waals surface area contributed by atoms with Crippen LogP contribution < -0.4 is 9.80 Å². The number of benzene rings is 2. The normalized spacial score (nSPS) is 17.3. The molecule has 0 amide bonds. The molecule has 2 aromatic carbocycles. The highest BCUT2D eigenvalue weighted by molar-refractivity contribution is 6.09. The van der Waals surface area contributed by atoms with Crippen LogP contribution in [-0.4, -0.2) is 18.5 Å². The number of nitrogens with zero attached hydrogens (tertiary/aromatic N) is 2. The second-order valence-electron chi connectivity index (χ2n) is 7.58. The number of unbranched alkanes of at least 4 members (excludes halogenated alkanes) is 1. The van der Waals surface area contributed by atoms with E-state index in [0.717, 1.165) is 13.0 Å². The predicted molar refractivity (Wildman–Crippen MR) is 113 cm³/mol. The Labute approximate surface area is 158 Å². The van der Waals surface area contributed by atoms with E-state index in [-0.39, 0.29) is 0 Å². The quantitative estimate of drug-likeness (QED) is 0.746. The van der Waals surface area contributed by atoms with Crippen LogP contribution in [0.3, 0.4) is 0 Å². The Morgan fingerprint density at radius 3 is 1.88 bits per heavy atom. The average Bonchev–Trinajstić information content (AvgIpc) is 2.90. The lowest BCUT2D eigenvalue weighted by Gasteiger charge is -2.29. The minimum atomic E-state index is 0.348. The molecule has 3 rings (SSSR count). The van der Waals surface area contributed by atoms with Gasteiger partial charge in [-0.1, -0.05) is 56.2 Å². The van der Waals surface area contributed by atoms with Crippen LogP contribution in [0.4, 0.5) is 11.4 Å². The molecule has 138 valence electrons. The van der Waals surface area contributed by atoms with Crippen LogP contribution in [0.25, 0.3) is 0 Å². The van der Waals surface area contributed by atoms with E-state index in [1.807, 2.05) is 0 Å². The molecule has 1 saturated heterocycles. The van der Waals surface area contributed by atoms with Gasteiger partial charge in [-0.05, 0) is 56.4 Å². The van der Waals surface area contributed by atoms with E-state index in [2.05, 4.69) is 80.8 Å². The third-order valence-corrected chi connectivity index (χ3v) is 5.52. The fraction of sp³-hybridized carbons (Fsp3) is 0.435. The van der Waals surface area contributed by atoms with Gasteiger partial charge in [0.05, 0.1) is 6.04 Å². The molecule has 0 bridgehead atoms. The number of para-hydroxylation sites is 2. The van der Waals surface area contributed by atoms with Gasteiger partial charge in [-0.3, -0.25) is 5.41 Å². The molecule has 0 aliphatic carbocycles. The lowest BCUT2D eigenvalue weighted by molar-refractivity contribution is 0.604. The maximum atomic E-state index is 9.04. The van der Waals surface area contributed by atoms with Crippen molar-refractivity contribution in [1.82, 2.24) is 0 Å². The number of aryl methyl sites for hydroxylation is 4. The first-order chi connectivity index (χ1) is 12.5. The molecule has 1 fully saturated rings. The summed E-state index contributed by atoms with van der Waals surface area (Å²) in [4.78, 5) is 4.50. The van der Waals surface area contributed by atoms with Gasteiger partial charge in [0.15, 0.2) is 0 Å². The molecule has 1 aliphatic rings. The van der Waals surface area contributed by atoms with E-state index in [4.69, 9.17) is 5.41 Å². The van der Waals surface area contributed by atoms with Gasteiger partial charge < -0.3 is 9.80 Å². The van der Waals surface area contributed by atoms with Gasteiger partial charge in [0.1, 0.15) is 0 Å². The van der Waals surface area contributed by atoms with E-state index in [0.29, 0.717) is 12.0 Å². The third kappa shape index (κ3) is 3.23. The molecule has 2 aromatic rings. The zero-order chi connectivity index (χ0) is 18.8. The topological polar surface area (TPSA) is 30.3 Å². The van der Waals surface area contributed by atoms with E-state index in [1.54, 1.807) is 0 Å². The highest BCUT2D eigenvalue weighted by atomic mass is 15.4. The van der Waals surface area contributed by atoms with Gasteiger partial charge in [0.25, 0.3) is 0 Å². The Balaban J connectivity index is 2.06. The summed E-state index contributed by atoms with van der Waals surface area (Å²) in [7, 11) is 0. The summed E-state index contributed by atoms with van der Waals surface area (Å²) in [6, 6.07) is 13.2. The van der Waals surface area contributed by atoms with Crippen LogP contribution in [0.2, 0.25) is 0 Å². The molecule has 3 heteroatoms. The van der Waals surface area contributed by atoms with E-state index in [9.17, 15) is 0 Å². The van der Waals surface area contributed by atoms with Crippen molar-refractivity contribution in [3.63, 3.8) is 0 Å². The highest BCUT2D eigenvalue weighted by Gasteiger charge is 2.37. The van der Waals surface area contributed by atoms with Crippen molar-refractivity contribution in [2.75, 3.05) is 16.3 Å². The Morgan fingerprint density at radius 2 is 1.38 bits per heavy atom. The maximum absolute atomic E-state index is 9.04. The second-order valence-corrected chi connectivity index (χ2v) is 7.58. The lowest BCUT2D eigenvalue weighted by atomic mass is 10.0. The van der Waals surface area contributed by atoms with Crippen molar-refractivity contribution < 1.29 is 0 Å². The molecule has 1 heterocycles. The Kier molecular flexibility index (Phi) is 5.36. The molecular weight excluding hydrogens is 318 g/mol. The number of guanidine groups is 1. The predicted octanol–water partition coefficient (Wildman–Crippen LogP) is 5.74. The van der Waals surface area contributed by atoms with Crippen molar-refractivity contribution in [2.45, 2.75) is 59.9 Å². The second kappa shape index (κ2) is 7.53. The van der Waals surface area contributed by atoms with Crippen molar-refractivity contribution in [1.29, 1.82) is 5.41 Å². The smallest absolute Gasteiger partial charge is 0.203 e. The minimum Gasteiger partial charge on any atom is -0.310 e. The number of anilines is 2. The fourth-order valence-electron chi connectivity index (χ4n) is 4.24. The molecule has 0 radical (unpaired) electrons. The summed E-state index contributed by atoms with van der Waals surface area (Å²) in [5, 5.41) is 9.04. The van der Waals surface area contributed by atoms with Crippen LogP contribution >= 0.6 is 0 Å². The summed E-state index contributed by atoms with van der Waals surface area (Å²) >= 11 is 0. The van der Waals surface area contributed by atoms with Crippen LogP contribution in [-0.2, 0) is 0 Å². The zero-order valence-corrected chi connectivity index (χ0v) is 16.8. The standard InChI is InChI=1S/C23H31N3/c1-6-7-14-20-15-25(21-16(2)10-8-11-17(21)3)23(24)26(20)22-18(4)12-9-13-19(22)5/h8-13,20,24H,6-7,14-15H2,1-5H3. The van der Waals surface area contributed by atoms with Crippen molar-refractivity contribution >= 4 is 17.3 Å². The summed E-state index contributed by atoms with van der Waals surface area (Å²) < 4.78 is 0. The molecule has 3 nitrogen and oxygen atoms in total. The number of nitrogens with one attached hydrogen (secondary N) is 1. The first-order valence-corrected chi connectivity index (χ1v) is 9.73. The third-order valence-electron chi connectivity index (χ3n) is 5.52. The van der Waals surface area contributed by atoms with Crippen LogP contribution in [0.15, 0.2) is 36.4 Å². The first kappa shape index (κ1) is 18.5.